The average Bonchev–Trinajstić information content (AvgIpc) is 2.27. The Hall–Kier alpha value is -1.91. The van der Waals surface area contributed by atoms with Crippen molar-refractivity contribution >= 4 is 0 Å². The van der Waals surface area contributed by atoms with Crippen molar-refractivity contribution in [1.29, 1.82) is 0 Å². The largest absolute Gasteiger partial charge is 0.416 e. The zero-order valence-corrected chi connectivity index (χ0v) is 9.92. The van der Waals surface area contributed by atoms with Crippen molar-refractivity contribution in [2.75, 3.05) is 0 Å². The van der Waals surface area contributed by atoms with Crippen LogP contribution in [0.15, 0.2) is 30.3 Å². The number of rotatable bonds is 1. The fourth-order valence-electron chi connectivity index (χ4n) is 1.69. The number of aryl methyl sites for hydroxylation is 2. The Balaban J connectivity index is 2.51. The van der Waals surface area contributed by atoms with Crippen LogP contribution in [-0.2, 0) is 6.18 Å². The third kappa shape index (κ3) is 2.67. The van der Waals surface area contributed by atoms with E-state index in [4.69, 9.17) is 0 Å². The van der Waals surface area contributed by atoms with Gasteiger partial charge in [0, 0.05) is 17.0 Å². The molecule has 2 nitrogen and oxygen atoms in total. The smallest absolute Gasteiger partial charge is 0.233 e. The van der Waals surface area contributed by atoms with E-state index in [1.165, 1.54) is 6.07 Å². The first-order valence-corrected chi connectivity index (χ1v) is 5.36. The van der Waals surface area contributed by atoms with E-state index in [0.29, 0.717) is 11.4 Å². The summed E-state index contributed by atoms with van der Waals surface area (Å²) in [7, 11) is 0. The molecule has 0 aliphatic carbocycles. The molecule has 0 atom stereocenters. The molecule has 5 heteroatoms. The van der Waals surface area contributed by atoms with Crippen LogP contribution in [0.25, 0.3) is 11.4 Å². The van der Waals surface area contributed by atoms with Crippen LogP contribution in [0.1, 0.15) is 17.0 Å². The van der Waals surface area contributed by atoms with Crippen molar-refractivity contribution in [3.8, 4) is 11.4 Å². The second kappa shape index (κ2) is 4.40. The number of nitrogens with zero attached hydrogens (tertiary/aromatic N) is 2. The van der Waals surface area contributed by atoms with E-state index < -0.39 is 11.7 Å². The maximum atomic E-state index is 12.6. The molecular formula is C13H11F3N2. The highest BCUT2D eigenvalue weighted by Crippen LogP contribution is 2.31. The summed E-state index contributed by atoms with van der Waals surface area (Å²) in [5.41, 5.74) is 1.14. The van der Waals surface area contributed by atoms with Crippen molar-refractivity contribution in [2.24, 2.45) is 0 Å². The van der Waals surface area contributed by atoms with Gasteiger partial charge in [-0.3, -0.25) is 0 Å². The summed E-state index contributed by atoms with van der Waals surface area (Å²) in [6.45, 7) is 3.57. The maximum absolute atomic E-state index is 12.6. The van der Waals surface area contributed by atoms with Crippen molar-refractivity contribution in [3.05, 3.63) is 47.3 Å². The Labute approximate surface area is 103 Å². The lowest BCUT2D eigenvalue weighted by Crippen LogP contribution is -2.05. The Kier molecular flexibility index (Phi) is 3.07. The summed E-state index contributed by atoms with van der Waals surface area (Å²) in [5.74, 6) is 0.318. The number of alkyl halides is 3. The van der Waals surface area contributed by atoms with E-state index in [-0.39, 0.29) is 0 Å². The predicted molar refractivity (Wildman–Crippen MR) is 61.9 cm³/mol. The van der Waals surface area contributed by atoms with Crippen molar-refractivity contribution in [2.45, 2.75) is 20.0 Å². The van der Waals surface area contributed by atoms with Crippen LogP contribution < -0.4 is 0 Å². The molecule has 0 amide bonds. The number of aromatic nitrogens is 2. The predicted octanol–water partition coefficient (Wildman–Crippen LogP) is 3.78. The van der Waals surface area contributed by atoms with Crippen LogP contribution in [0.4, 0.5) is 13.2 Å². The van der Waals surface area contributed by atoms with Crippen LogP contribution in [0.2, 0.25) is 0 Å². The average molecular weight is 252 g/mol. The lowest BCUT2D eigenvalue weighted by Gasteiger charge is -2.08. The minimum Gasteiger partial charge on any atom is -0.233 e. The van der Waals surface area contributed by atoms with Gasteiger partial charge in [-0.25, -0.2) is 9.97 Å². The second-order valence-corrected chi connectivity index (χ2v) is 4.05. The molecule has 2 rings (SSSR count). The van der Waals surface area contributed by atoms with Crippen molar-refractivity contribution in [1.82, 2.24) is 9.97 Å². The third-order valence-electron chi connectivity index (χ3n) is 2.43. The zero-order valence-electron chi connectivity index (χ0n) is 9.92. The third-order valence-corrected chi connectivity index (χ3v) is 2.43. The number of hydrogen-bond donors (Lipinski definition) is 0. The summed E-state index contributed by atoms with van der Waals surface area (Å²) in [6.07, 6.45) is -4.35. The Morgan fingerprint density at radius 3 is 2.11 bits per heavy atom. The molecule has 0 fully saturated rings. The highest BCUT2D eigenvalue weighted by molar-refractivity contribution is 5.56. The molecular weight excluding hydrogens is 241 g/mol. The summed E-state index contributed by atoms with van der Waals surface area (Å²) in [5, 5.41) is 0. The van der Waals surface area contributed by atoms with Crippen LogP contribution in [0.5, 0.6) is 0 Å². The topological polar surface area (TPSA) is 25.8 Å². The molecule has 0 saturated carbocycles. The Morgan fingerprint density at radius 1 is 0.944 bits per heavy atom. The maximum Gasteiger partial charge on any atom is 0.416 e. The Morgan fingerprint density at radius 2 is 1.56 bits per heavy atom. The van der Waals surface area contributed by atoms with Gasteiger partial charge in [-0.1, -0.05) is 12.1 Å². The van der Waals surface area contributed by atoms with Gasteiger partial charge < -0.3 is 0 Å². The summed E-state index contributed by atoms with van der Waals surface area (Å²) >= 11 is 0. The van der Waals surface area contributed by atoms with E-state index in [0.717, 1.165) is 23.5 Å². The summed E-state index contributed by atoms with van der Waals surface area (Å²) in [4.78, 5) is 8.30. The van der Waals surface area contributed by atoms with E-state index in [2.05, 4.69) is 9.97 Å². The quantitative estimate of drug-likeness (QED) is 0.771. The van der Waals surface area contributed by atoms with E-state index in [1.807, 2.05) is 0 Å². The van der Waals surface area contributed by atoms with Crippen LogP contribution in [0.3, 0.4) is 0 Å². The van der Waals surface area contributed by atoms with Gasteiger partial charge in [-0.05, 0) is 32.0 Å². The molecule has 0 unspecified atom stereocenters. The molecule has 0 aliphatic rings. The first-order valence-electron chi connectivity index (χ1n) is 5.36. The monoisotopic (exact) mass is 252 g/mol. The molecule has 0 N–H and O–H groups in total. The zero-order chi connectivity index (χ0) is 13.3. The van der Waals surface area contributed by atoms with E-state index in [1.54, 1.807) is 26.0 Å². The van der Waals surface area contributed by atoms with Crippen LogP contribution >= 0.6 is 0 Å². The molecule has 0 spiro atoms. The van der Waals surface area contributed by atoms with Crippen LogP contribution in [0, 0.1) is 13.8 Å². The summed E-state index contributed by atoms with van der Waals surface area (Å²) < 4.78 is 37.8. The lowest BCUT2D eigenvalue weighted by molar-refractivity contribution is -0.137. The van der Waals surface area contributed by atoms with Gasteiger partial charge in [0.1, 0.15) is 0 Å². The highest BCUT2D eigenvalue weighted by Gasteiger charge is 2.30. The first kappa shape index (κ1) is 12.5. The molecule has 0 bridgehead atoms. The number of hydrogen-bond acceptors (Lipinski definition) is 2. The Bertz CT molecular complexity index is 556. The van der Waals surface area contributed by atoms with Crippen molar-refractivity contribution < 1.29 is 13.2 Å². The van der Waals surface area contributed by atoms with E-state index in [9.17, 15) is 13.2 Å². The highest BCUT2D eigenvalue weighted by atomic mass is 19.4. The molecule has 0 aliphatic heterocycles. The van der Waals surface area contributed by atoms with Gasteiger partial charge in [0.25, 0.3) is 0 Å². The standard InChI is InChI=1S/C13H11F3N2/c1-8-6-9(2)18-12(17-8)10-4-3-5-11(7-10)13(14,15)16/h3-7H,1-2H3. The first-order chi connectivity index (χ1) is 8.36. The normalized spacial score (nSPS) is 11.6. The summed E-state index contributed by atoms with van der Waals surface area (Å²) in [6, 6.07) is 6.81. The van der Waals surface area contributed by atoms with Gasteiger partial charge in [-0.2, -0.15) is 13.2 Å². The van der Waals surface area contributed by atoms with E-state index >= 15 is 0 Å². The number of halogens is 3. The van der Waals surface area contributed by atoms with Gasteiger partial charge in [-0.15, -0.1) is 0 Å². The fraction of sp³-hybridized carbons (Fsp3) is 0.231. The SMILES string of the molecule is Cc1cc(C)nc(-c2cccc(C(F)(F)F)c2)n1. The minimum atomic E-state index is -4.35. The van der Waals surface area contributed by atoms with Gasteiger partial charge >= 0.3 is 6.18 Å². The molecule has 94 valence electrons. The van der Waals surface area contributed by atoms with Gasteiger partial charge in [0.05, 0.1) is 5.56 Å². The van der Waals surface area contributed by atoms with Crippen molar-refractivity contribution in [3.63, 3.8) is 0 Å². The number of benzene rings is 1. The fourth-order valence-corrected chi connectivity index (χ4v) is 1.69. The molecule has 1 aromatic heterocycles. The minimum absolute atomic E-state index is 0.318. The molecule has 1 heterocycles. The molecule has 1 aromatic carbocycles. The van der Waals surface area contributed by atoms with Gasteiger partial charge in [0.2, 0.25) is 0 Å². The van der Waals surface area contributed by atoms with Gasteiger partial charge in [0.15, 0.2) is 5.82 Å². The molecule has 2 aromatic rings. The van der Waals surface area contributed by atoms with Crippen LogP contribution in [-0.4, -0.2) is 9.97 Å². The molecule has 0 radical (unpaired) electrons. The molecule has 18 heavy (non-hydrogen) atoms. The molecule has 0 saturated heterocycles. The lowest BCUT2D eigenvalue weighted by atomic mass is 10.1. The second-order valence-electron chi connectivity index (χ2n) is 4.05.